The second kappa shape index (κ2) is 39.2. The number of H-pyrrole nitrogens is 4. The maximum Gasteiger partial charge on any atom is 0.407 e. The van der Waals surface area contributed by atoms with Gasteiger partial charge in [-0.15, -0.1) is 0 Å². The van der Waals surface area contributed by atoms with E-state index in [1.807, 2.05) is 92.6 Å². The number of likely N-dealkylation sites (tertiary alicyclic amines) is 3. The number of ether oxygens (including phenoxy) is 4. The molecule has 0 radical (unpaired) electrons. The predicted octanol–water partition coefficient (Wildman–Crippen LogP) is 17.5. The number of carbonyl (C=O) groups is 8. The summed E-state index contributed by atoms with van der Waals surface area (Å²) in [6, 6.07) is 57.7. The number of aromatic nitrogens is 8. The number of carboxylic acid groups (broad SMARTS) is 1. The fourth-order valence-corrected chi connectivity index (χ4v) is 17.0. The van der Waals surface area contributed by atoms with Crippen molar-refractivity contribution >= 4 is 69.5 Å². The third-order valence-electron chi connectivity index (χ3n) is 23.7. The summed E-state index contributed by atoms with van der Waals surface area (Å²) in [6.07, 6.45) is 15.3. The van der Waals surface area contributed by atoms with Crippen molar-refractivity contribution in [1.29, 1.82) is 0 Å². The molecule has 0 unspecified atom stereocenters. The molecular weight excluding hydrogens is 1560 g/mol. The lowest BCUT2D eigenvalue weighted by Gasteiger charge is -2.30. The smallest absolute Gasteiger partial charge is 0.407 e. The number of nitrogens with one attached hydrogen (secondary N) is 7. The van der Waals surface area contributed by atoms with Crippen LogP contribution in [0, 0.1) is 11.8 Å². The summed E-state index contributed by atoms with van der Waals surface area (Å²) in [5.41, 5.74) is 13.6. The molecule has 123 heavy (non-hydrogen) atoms. The van der Waals surface area contributed by atoms with E-state index in [-0.39, 0.29) is 54.1 Å². The van der Waals surface area contributed by atoms with Crippen molar-refractivity contribution in [3.63, 3.8) is 0 Å². The highest BCUT2D eigenvalue weighted by molar-refractivity contribution is 5.94. The molecule has 8 aromatic carbocycles. The zero-order chi connectivity index (χ0) is 86.4. The zero-order valence-corrected chi connectivity index (χ0v) is 70.3. The zero-order valence-electron chi connectivity index (χ0n) is 70.3. The van der Waals surface area contributed by atoms with Gasteiger partial charge in [-0.3, -0.25) is 24.0 Å². The Hall–Kier alpha value is -13.7. The Bertz CT molecular complexity index is 5720. The lowest BCUT2D eigenvalue weighted by Crippen LogP contribution is -2.51. The van der Waals surface area contributed by atoms with Gasteiger partial charge in [0.2, 0.25) is 11.8 Å². The van der Waals surface area contributed by atoms with Crippen molar-refractivity contribution < 1.29 is 62.4 Å². The minimum Gasteiger partial charge on any atom is -0.481 e. The van der Waals surface area contributed by atoms with E-state index < -0.39 is 54.3 Å². The van der Waals surface area contributed by atoms with Crippen LogP contribution in [0.5, 0.6) is 0 Å². The number of hydrogen-bond acceptors (Lipinski definition) is 16. The maximum absolute atomic E-state index is 13.9. The fourth-order valence-electron chi connectivity index (χ4n) is 17.0. The minimum absolute atomic E-state index is 0.0786. The van der Waals surface area contributed by atoms with Gasteiger partial charge in [0.15, 0.2) is 0 Å². The maximum atomic E-state index is 13.9. The first-order valence-corrected chi connectivity index (χ1v) is 42.0. The average Bonchev–Trinajstić information content (AvgIpc) is 1.72. The van der Waals surface area contributed by atoms with Crippen LogP contribution in [0.15, 0.2) is 207 Å². The fraction of sp³-hybridized carbons (Fsp3) is 0.333. The van der Waals surface area contributed by atoms with Gasteiger partial charge in [0.1, 0.15) is 41.4 Å². The van der Waals surface area contributed by atoms with Gasteiger partial charge in [0, 0.05) is 36.7 Å². The average molecular weight is 1660 g/mol. The van der Waals surface area contributed by atoms with Gasteiger partial charge in [-0.25, -0.2) is 34.3 Å². The van der Waals surface area contributed by atoms with Crippen LogP contribution >= 0.6 is 0 Å². The molecule has 4 aliphatic rings. The van der Waals surface area contributed by atoms with Crippen LogP contribution in [0.3, 0.4) is 0 Å². The van der Waals surface area contributed by atoms with Gasteiger partial charge >= 0.3 is 30.2 Å². The Morgan fingerprint density at radius 3 is 1.10 bits per heavy atom. The Morgan fingerprint density at radius 1 is 0.382 bits per heavy atom. The summed E-state index contributed by atoms with van der Waals surface area (Å²) in [4.78, 5) is 137. The van der Waals surface area contributed by atoms with E-state index >= 15 is 0 Å². The topological polar surface area (TPSA) is 354 Å². The molecule has 0 bridgehead atoms. The number of rotatable bonds is 23. The largest absolute Gasteiger partial charge is 0.481 e. The van der Waals surface area contributed by atoms with Crippen molar-refractivity contribution in [1.82, 2.24) is 70.5 Å². The van der Waals surface area contributed by atoms with Crippen molar-refractivity contribution in [2.75, 3.05) is 48.1 Å². The molecule has 3 saturated heterocycles. The lowest BCUT2D eigenvalue weighted by molar-refractivity contribution is -0.147. The first-order chi connectivity index (χ1) is 59.6. The molecule has 0 spiro atoms. The molecule has 8 N–H and O–H groups in total. The van der Waals surface area contributed by atoms with Gasteiger partial charge in [-0.2, -0.15) is 0 Å². The van der Waals surface area contributed by atoms with E-state index in [0.29, 0.717) is 42.5 Å². The number of nitrogens with zero attached hydrogens (tertiary/aromatic N) is 7. The van der Waals surface area contributed by atoms with Crippen LogP contribution in [0.2, 0.25) is 0 Å². The number of esters is 1. The van der Waals surface area contributed by atoms with Crippen molar-refractivity contribution in [3.05, 3.63) is 241 Å². The minimum atomic E-state index is -1.02. The van der Waals surface area contributed by atoms with Crippen LogP contribution in [0.4, 0.5) is 14.4 Å². The molecule has 4 aromatic heterocycles. The Morgan fingerprint density at radius 2 is 0.715 bits per heavy atom. The van der Waals surface area contributed by atoms with Crippen molar-refractivity contribution in [3.8, 4) is 67.3 Å². The third-order valence-corrected chi connectivity index (χ3v) is 23.7. The summed E-state index contributed by atoms with van der Waals surface area (Å²) < 4.78 is 18.8. The number of carbonyl (C=O) groups excluding carboxylic acids is 7. The molecule has 4 fully saturated rings. The quantitative estimate of drug-likeness (QED) is 0.0218. The third kappa shape index (κ3) is 20.0. The second-order valence-electron chi connectivity index (χ2n) is 32.3. The predicted molar refractivity (Wildman–Crippen MR) is 468 cm³/mol. The monoisotopic (exact) mass is 1660 g/mol. The highest BCUT2D eigenvalue weighted by Gasteiger charge is 2.41. The summed E-state index contributed by atoms with van der Waals surface area (Å²) in [7, 11) is 5.12. The molecule has 12 aromatic rings. The molecule has 16 rings (SSSR count). The van der Waals surface area contributed by atoms with Gasteiger partial charge in [0.05, 0.1) is 106 Å². The molecule has 1 aliphatic carbocycles. The second-order valence-corrected chi connectivity index (χ2v) is 32.3. The van der Waals surface area contributed by atoms with Crippen LogP contribution in [-0.2, 0) is 42.9 Å². The highest BCUT2D eigenvalue weighted by Crippen LogP contribution is 2.40. The summed E-state index contributed by atoms with van der Waals surface area (Å²) >= 11 is 0. The standard InChI is InChI=1S/C47H50N8O6.C38H42N6O3.C11H12O4/c1-28(2)40(52-46(58)60-3)44(56)54-22-8-12-38(54)42-48-26-36(50-42)30-16-14-29(15-17-30)32-18-19-34-25-35(21-20-33(34)24-32)37-27-49-43(51-37)39-13-9-23-55(39)45(57)41(53-47(59)61-4)31-10-6-5-7-11-31;1-23(2)34(43-38(46)47-3)37(45)44-18-6-9-33(44)36-40-21-31(42-36)25-12-10-24(11-13-25)27-14-15-29-20-30(17-16-28(29)19-27)32-22-39-35(41-32)26-7-4-5-8-26;1-15-10(12)7-9(11(13)14)8-5-3-2-4-6-8/h5-7,10-11,14-21,24-28,38-41H,8-9,12-13,22-23H2,1-4H3,(H,48,50)(H,49,51)(H,52,58)(H,53,59);10-17,19-23,26,33-34H,4-9,18H2,1-3H3,(H,39,41)(H,40,42)(H,43,46);2-6,9H,7H2,1H3,(H,13,14)/t38-,39-,40-,41+;33-,34-;9-/m001/s1. The van der Waals surface area contributed by atoms with E-state index in [1.54, 1.807) is 35.2 Å². The van der Waals surface area contributed by atoms with E-state index in [2.05, 4.69) is 167 Å². The van der Waals surface area contributed by atoms with E-state index in [1.165, 1.54) is 64.9 Å². The normalized spacial score (nSPS) is 16.7. The Kier molecular flexibility index (Phi) is 27.3. The number of benzene rings is 8. The Balaban J connectivity index is 0.000000175. The van der Waals surface area contributed by atoms with Gasteiger partial charge in [-0.1, -0.05) is 198 Å². The number of fused-ring (bicyclic) bond motifs is 2. The van der Waals surface area contributed by atoms with Gasteiger partial charge in [-0.05, 0) is 154 Å². The summed E-state index contributed by atoms with van der Waals surface area (Å²) in [5, 5.41) is 21.7. The number of methoxy groups -OCH3 is 4. The van der Waals surface area contributed by atoms with E-state index in [9.17, 15) is 38.4 Å². The van der Waals surface area contributed by atoms with Crippen LogP contribution in [0.1, 0.15) is 169 Å². The van der Waals surface area contributed by atoms with Crippen LogP contribution in [-0.4, -0.2) is 168 Å². The molecule has 7 atom stereocenters. The number of aromatic amines is 4. The first-order valence-electron chi connectivity index (χ1n) is 42.0. The number of alkyl carbamates (subject to hydrolysis) is 3. The molecule has 27 nitrogen and oxygen atoms in total. The number of imidazole rings is 4. The molecule has 636 valence electrons. The summed E-state index contributed by atoms with van der Waals surface area (Å²) in [6.45, 7) is 9.41. The Labute approximate surface area is 713 Å². The SMILES string of the molecule is COC(=O)C[C@@H](C(=O)O)c1ccccc1.COC(=O)N[C@H](C(=O)N1CCC[C@H]1c1ncc(-c2ccc(-c3ccc4cc(-c5cnc(C6CCCC6)[nH]5)ccc4c3)cc2)[nH]1)C(C)C.COC(=O)N[C@H](C(=O)N1CCC[C@H]1c1ncc(-c2ccc(-c3ccc4cc(-c5cnc([C@@H]6CCCN6C(=O)[C@H](NC(=O)OC)c6ccccc6)[nH]5)ccc4c3)cc2)[nH]1)C(C)C. The van der Waals surface area contributed by atoms with E-state index in [4.69, 9.17) is 34.3 Å². The van der Waals surface area contributed by atoms with Crippen molar-refractivity contribution in [2.24, 2.45) is 11.8 Å². The lowest BCUT2D eigenvalue weighted by atomic mass is 9.96. The van der Waals surface area contributed by atoms with Crippen LogP contribution in [0.25, 0.3) is 88.8 Å². The number of carboxylic acids is 1. The number of amides is 6. The number of aliphatic carboxylic acids is 1. The number of hydrogen-bond donors (Lipinski definition) is 8. The molecule has 27 heteroatoms. The molecule has 1 saturated carbocycles. The van der Waals surface area contributed by atoms with E-state index in [0.717, 1.165) is 134 Å². The van der Waals surface area contributed by atoms with Crippen molar-refractivity contribution in [2.45, 2.75) is 146 Å². The first kappa shape index (κ1) is 85.7. The summed E-state index contributed by atoms with van der Waals surface area (Å²) in [5.74, 6) is 0.860. The molecule has 6 amide bonds. The van der Waals surface area contributed by atoms with Crippen LogP contribution < -0.4 is 16.0 Å². The highest BCUT2D eigenvalue weighted by atomic mass is 16.5. The van der Waals surface area contributed by atoms with Gasteiger partial charge in [0.25, 0.3) is 5.91 Å². The van der Waals surface area contributed by atoms with Gasteiger partial charge < -0.3 is 74.6 Å². The molecular formula is C96H104N14O13. The molecule has 3 aliphatic heterocycles. The molecule has 7 heterocycles.